The molecule has 6 rings (SSSR count). The molecule has 2 aromatic carbocycles. The molecule has 0 bridgehead atoms. The average molecular weight is 566 g/mol. The van der Waals surface area contributed by atoms with E-state index in [1.54, 1.807) is 9.47 Å². The number of halogens is 1. The number of aromatic nitrogens is 3. The molecule has 4 aromatic rings. The van der Waals surface area contributed by atoms with E-state index in [-0.39, 0.29) is 30.3 Å². The van der Waals surface area contributed by atoms with Crippen molar-refractivity contribution in [2.75, 3.05) is 18.5 Å². The molecule has 0 spiro atoms. The molecular formula is C28H28ClN5O4S. The number of fused-ring (bicyclic) bond motifs is 2. The lowest BCUT2D eigenvalue weighted by atomic mass is 9.97. The second kappa shape index (κ2) is 10.3. The number of cyclic esters (lactones) is 1. The third kappa shape index (κ3) is 4.88. The van der Waals surface area contributed by atoms with Crippen LogP contribution >= 0.6 is 22.9 Å². The number of hydrogen-bond donors (Lipinski definition) is 2. The van der Waals surface area contributed by atoms with Crippen LogP contribution in [-0.2, 0) is 17.9 Å². The highest BCUT2D eigenvalue weighted by atomic mass is 35.5. The normalized spacial score (nSPS) is 18.9. The number of benzene rings is 2. The lowest BCUT2D eigenvalue weighted by molar-refractivity contribution is 0.153. The van der Waals surface area contributed by atoms with Gasteiger partial charge in [-0.05, 0) is 56.5 Å². The van der Waals surface area contributed by atoms with E-state index >= 15 is 0 Å². The number of carbonyl (C=O) groups excluding carboxylic acids is 1. The van der Waals surface area contributed by atoms with Gasteiger partial charge in [-0.15, -0.1) is 11.3 Å². The molecule has 0 radical (unpaired) electrons. The van der Waals surface area contributed by atoms with Gasteiger partial charge >= 0.3 is 6.09 Å². The van der Waals surface area contributed by atoms with Crippen LogP contribution in [0, 0.1) is 13.8 Å². The third-order valence-electron chi connectivity index (χ3n) is 7.51. The Morgan fingerprint density at radius 1 is 1.18 bits per heavy atom. The monoisotopic (exact) mass is 565 g/mol. The van der Waals surface area contributed by atoms with Crippen LogP contribution in [0.5, 0.6) is 0 Å². The zero-order valence-electron chi connectivity index (χ0n) is 21.6. The fourth-order valence-electron chi connectivity index (χ4n) is 5.37. The molecule has 1 amide bonds. The van der Waals surface area contributed by atoms with Gasteiger partial charge in [-0.2, -0.15) is 0 Å². The summed E-state index contributed by atoms with van der Waals surface area (Å²) < 4.78 is 6.91. The molecule has 2 saturated heterocycles. The van der Waals surface area contributed by atoms with Gasteiger partial charge in [-0.3, -0.25) is 9.36 Å². The van der Waals surface area contributed by atoms with E-state index in [1.807, 2.05) is 50.2 Å². The number of aliphatic hydroxyl groups excluding tert-OH is 1. The Balaban J connectivity index is 1.42. The van der Waals surface area contributed by atoms with Crippen molar-refractivity contribution in [2.24, 2.45) is 0 Å². The second-order valence-corrected chi connectivity index (χ2v) is 11.6. The Labute approximate surface area is 234 Å². The molecule has 0 aliphatic carbocycles. The minimum absolute atomic E-state index is 0.0386. The predicted molar refractivity (Wildman–Crippen MR) is 152 cm³/mol. The number of thiazole rings is 1. The average Bonchev–Trinajstić information content (AvgIpc) is 3.49. The van der Waals surface area contributed by atoms with E-state index in [0.29, 0.717) is 41.4 Å². The Morgan fingerprint density at radius 2 is 1.97 bits per heavy atom. The molecule has 2 atom stereocenters. The summed E-state index contributed by atoms with van der Waals surface area (Å²) in [6.07, 6.45) is 1.26. The largest absolute Gasteiger partial charge is 0.447 e. The molecular weight excluding hydrogens is 538 g/mol. The summed E-state index contributed by atoms with van der Waals surface area (Å²) >= 11 is 7.47. The first-order valence-corrected chi connectivity index (χ1v) is 14.1. The maximum absolute atomic E-state index is 13.8. The van der Waals surface area contributed by atoms with Crippen molar-refractivity contribution < 1.29 is 14.6 Å². The summed E-state index contributed by atoms with van der Waals surface area (Å²) in [5.74, 6) is 0.610. The maximum Gasteiger partial charge on any atom is 0.410 e. The maximum atomic E-state index is 13.8. The highest BCUT2D eigenvalue weighted by Gasteiger charge is 2.38. The Kier molecular flexibility index (Phi) is 6.78. The van der Waals surface area contributed by atoms with Gasteiger partial charge in [0.2, 0.25) is 0 Å². The summed E-state index contributed by atoms with van der Waals surface area (Å²) in [5.41, 5.74) is 3.81. The van der Waals surface area contributed by atoms with Gasteiger partial charge in [0, 0.05) is 28.9 Å². The molecule has 0 unspecified atom stereocenters. The summed E-state index contributed by atoms with van der Waals surface area (Å²) in [5, 5.41) is 15.3. The Bertz CT molecular complexity index is 1630. The zero-order valence-corrected chi connectivity index (χ0v) is 23.2. The Morgan fingerprint density at radius 3 is 2.72 bits per heavy atom. The van der Waals surface area contributed by atoms with Crippen LogP contribution < -0.4 is 10.9 Å². The molecule has 202 valence electrons. The first-order valence-electron chi connectivity index (χ1n) is 12.9. The van der Waals surface area contributed by atoms with Gasteiger partial charge < -0.3 is 20.1 Å². The van der Waals surface area contributed by atoms with Crippen LogP contribution in [0.3, 0.4) is 0 Å². The van der Waals surface area contributed by atoms with E-state index in [4.69, 9.17) is 26.3 Å². The fraction of sp³-hybridized carbons (Fsp3) is 0.357. The number of amides is 1. The van der Waals surface area contributed by atoms with Crippen LogP contribution in [-0.4, -0.2) is 55.9 Å². The number of nitrogens with zero attached hydrogens (tertiary/aromatic N) is 4. The molecule has 11 heteroatoms. The number of aryl methyl sites for hydroxylation is 2. The number of aliphatic hydroxyl groups is 1. The highest BCUT2D eigenvalue weighted by molar-refractivity contribution is 7.15. The minimum Gasteiger partial charge on any atom is -0.447 e. The molecule has 9 nitrogen and oxygen atoms in total. The number of nitrogens with one attached hydrogen (secondary N) is 1. The number of hydrogen-bond acceptors (Lipinski definition) is 8. The van der Waals surface area contributed by atoms with E-state index < -0.39 is 0 Å². The SMILES string of the molecule is Cc1nc(-c2cc3nc(C)n(Cc4ccc(Cl)cc4)c(=O)c3cc2N[C@H]2CCN3C(=O)OC[C@@H]3C2)sc1CO. The second-order valence-electron chi connectivity index (χ2n) is 10.1. The lowest BCUT2D eigenvalue weighted by Gasteiger charge is -2.33. The molecule has 0 saturated carbocycles. The van der Waals surface area contributed by atoms with Gasteiger partial charge in [-0.25, -0.2) is 14.8 Å². The van der Waals surface area contributed by atoms with Crippen LogP contribution in [0.4, 0.5) is 10.5 Å². The van der Waals surface area contributed by atoms with Gasteiger partial charge in [-0.1, -0.05) is 23.7 Å². The zero-order chi connectivity index (χ0) is 27.3. The molecule has 2 aromatic heterocycles. The number of ether oxygens (including phenoxy) is 1. The number of anilines is 1. The van der Waals surface area contributed by atoms with Crippen molar-refractivity contribution >= 4 is 45.6 Å². The smallest absolute Gasteiger partial charge is 0.410 e. The summed E-state index contributed by atoms with van der Waals surface area (Å²) in [7, 11) is 0. The summed E-state index contributed by atoms with van der Waals surface area (Å²) in [6, 6.07) is 11.3. The van der Waals surface area contributed by atoms with Crippen molar-refractivity contribution in [1.29, 1.82) is 0 Å². The number of rotatable bonds is 6. The van der Waals surface area contributed by atoms with E-state index in [1.165, 1.54) is 11.3 Å². The van der Waals surface area contributed by atoms with E-state index in [9.17, 15) is 14.7 Å². The van der Waals surface area contributed by atoms with Crippen molar-refractivity contribution in [3.63, 3.8) is 0 Å². The van der Waals surface area contributed by atoms with Crippen LogP contribution in [0.2, 0.25) is 5.02 Å². The van der Waals surface area contributed by atoms with E-state index in [0.717, 1.165) is 45.2 Å². The van der Waals surface area contributed by atoms with Crippen LogP contribution in [0.1, 0.15) is 34.8 Å². The van der Waals surface area contributed by atoms with Crippen LogP contribution in [0.15, 0.2) is 41.2 Å². The minimum atomic E-state index is -0.248. The van der Waals surface area contributed by atoms with E-state index in [2.05, 4.69) is 5.32 Å². The first-order chi connectivity index (χ1) is 18.8. The molecule has 2 aliphatic rings. The molecule has 2 N–H and O–H groups in total. The highest BCUT2D eigenvalue weighted by Crippen LogP contribution is 2.37. The fourth-order valence-corrected chi connectivity index (χ4v) is 6.45. The lowest BCUT2D eigenvalue weighted by Crippen LogP contribution is -2.45. The van der Waals surface area contributed by atoms with Gasteiger partial charge in [0.1, 0.15) is 17.4 Å². The van der Waals surface area contributed by atoms with Gasteiger partial charge in [0.25, 0.3) is 5.56 Å². The summed E-state index contributed by atoms with van der Waals surface area (Å²) in [6.45, 7) is 5.02. The van der Waals surface area contributed by atoms with Crippen molar-refractivity contribution in [1.82, 2.24) is 19.4 Å². The quantitative estimate of drug-likeness (QED) is 0.348. The molecule has 2 aliphatic heterocycles. The first kappa shape index (κ1) is 25.8. The van der Waals surface area contributed by atoms with Crippen molar-refractivity contribution in [3.8, 4) is 10.6 Å². The van der Waals surface area contributed by atoms with Crippen molar-refractivity contribution in [3.05, 3.63) is 73.7 Å². The standard InChI is InChI=1S/C28H28ClN5O4S/c1-15-25(13-35)39-26(30-15)21-10-24-22(11-23(21)32-19-7-8-33-20(9-19)14-38-28(33)37)27(36)34(16(2)31-24)12-17-3-5-18(29)6-4-17/h3-6,10-11,19-20,32,35H,7-9,12-14H2,1-2H3/t19-,20-/m0/s1. The predicted octanol–water partition coefficient (Wildman–Crippen LogP) is 4.73. The van der Waals surface area contributed by atoms with Crippen molar-refractivity contribution in [2.45, 2.75) is 51.9 Å². The molecule has 39 heavy (non-hydrogen) atoms. The van der Waals surface area contributed by atoms with Gasteiger partial charge in [0.05, 0.1) is 40.7 Å². The number of piperidine rings is 1. The number of carbonyl (C=O) groups is 1. The van der Waals surface area contributed by atoms with Crippen LogP contribution in [0.25, 0.3) is 21.5 Å². The van der Waals surface area contributed by atoms with Gasteiger partial charge in [0.15, 0.2) is 0 Å². The topological polar surface area (TPSA) is 110 Å². The molecule has 2 fully saturated rings. The third-order valence-corrected chi connectivity index (χ3v) is 8.94. The summed E-state index contributed by atoms with van der Waals surface area (Å²) in [4.78, 5) is 37.9. The Hall–Kier alpha value is -3.47. The molecule has 4 heterocycles.